The molecule has 19 heavy (non-hydrogen) atoms. The highest BCUT2D eigenvalue weighted by Crippen LogP contribution is 2.19. The van der Waals surface area contributed by atoms with Gasteiger partial charge in [0.15, 0.2) is 0 Å². The minimum atomic E-state index is -0.176. The van der Waals surface area contributed by atoms with Gasteiger partial charge in [-0.2, -0.15) is 0 Å². The van der Waals surface area contributed by atoms with E-state index in [0.717, 1.165) is 26.2 Å². The minimum Gasteiger partial charge on any atom is -0.497 e. The van der Waals surface area contributed by atoms with Crippen LogP contribution in [0.1, 0.15) is 10.4 Å². The summed E-state index contributed by atoms with van der Waals surface area (Å²) in [6.07, 6.45) is 0. The number of piperazine rings is 1. The molecule has 0 atom stereocenters. The normalized spacial score (nSPS) is 17.2. The van der Waals surface area contributed by atoms with Crippen LogP contribution in [0, 0.1) is 0 Å². The third kappa shape index (κ3) is 3.36. The van der Waals surface area contributed by atoms with Gasteiger partial charge in [-0.1, -0.05) is 0 Å². The van der Waals surface area contributed by atoms with Crippen molar-refractivity contribution < 1.29 is 9.53 Å². The molecule has 0 spiro atoms. The molecule has 0 bridgehead atoms. The monoisotopic (exact) mass is 264 g/mol. The predicted octanol–water partition coefficient (Wildman–Crippen LogP) is 0.170. The summed E-state index contributed by atoms with van der Waals surface area (Å²) in [6, 6.07) is 5.06. The third-order valence-electron chi connectivity index (χ3n) is 3.27. The van der Waals surface area contributed by atoms with Crippen molar-refractivity contribution in [2.45, 2.75) is 0 Å². The average Bonchev–Trinajstić information content (AvgIpc) is 2.41. The number of hydrogen-bond acceptors (Lipinski definition) is 5. The maximum atomic E-state index is 12.1. The van der Waals surface area contributed by atoms with Crippen molar-refractivity contribution in [3.63, 3.8) is 0 Å². The molecule has 0 aromatic heterocycles. The largest absolute Gasteiger partial charge is 0.497 e. The number of benzene rings is 1. The van der Waals surface area contributed by atoms with Crippen molar-refractivity contribution in [3.8, 4) is 5.75 Å². The molecule has 0 radical (unpaired) electrons. The van der Waals surface area contributed by atoms with Crippen molar-refractivity contribution in [1.82, 2.24) is 15.3 Å². The highest BCUT2D eigenvalue weighted by atomic mass is 16.5. The van der Waals surface area contributed by atoms with Gasteiger partial charge in [0.2, 0.25) is 0 Å². The van der Waals surface area contributed by atoms with Crippen LogP contribution in [0.3, 0.4) is 0 Å². The number of anilines is 1. The summed E-state index contributed by atoms with van der Waals surface area (Å²) < 4.78 is 5.06. The van der Waals surface area contributed by atoms with Crippen molar-refractivity contribution in [1.29, 1.82) is 0 Å². The number of carbonyl (C=O) groups is 1. The van der Waals surface area contributed by atoms with E-state index in [9.17, 15) is 4.79 Å². The fraction of sp³-hybridized carbons (Fsp3) is 0.462. The van der Waals surface area contributed by atoms with Crippen LogP contribution < -0.4 is 15.9 Å². The Morgan fingerprint density at radius 2 is 2.00 bits per heavy atom. The minimum absolute atomic E-state index is 0.176. The smallest absolute Gasteiger partial charge is 0.267 e. The molecular weight excluding hydrogens is 244 g/mol. The standard InChI is InChI=1S/C13H20N4O2/c1-16-5-7-17(8-6-16)15-13(18)11-4-3-10(19-2)9-12(11)14/h3-4,9H,5-8,14H2,1-2H3,(H,15,18). The number of rotatable bonds is 3. The lowest BCUT2D eigenvalue weighted by atomic mass is 10.1. The number of amides is 1. The van der Waals surface area contributed by atoms with Crippen LogP contribution in [-0.4, -0.2) is 56.2 Å². The van der Waals surface area contributed by atoms with Crippen LogP contribution in [0.15, 0.2) is 18.2 Å². The number of nitrogens with one attached hydrogen (secondary N) is 1. The summed E-state index contributed by atoms with van der Waals surface area (Å²) in [4.78, 5) is 14.4. The molecule has 0 aliphatic carbocycles. The van der Waals surface area contributed by atoms with E-state index in [2.05, 4.69) is 17.4 Å². The molecule has 2 rings (SSSR count). The van der Waals surface area contributed by atoms with Gasteiger partial charge in [0.25, 0.3) is 5.91 Å². The SMILES string of the molecule is COc1ccc(C(=O)NN2CCN(C)CC2)c(N)c1. The second kappa shape index (κ2) is 5.90. The number of nitrogen functional groups attached to an aromatic ring is 1. The summed E-state index contributed by atoms with van der Waals surface area (Å²) in [5.74, 6) is 0.471. The van der Waals surface area contributed by atoms with Gasteiger partial charge in [-0.25, -0.2) is 5.01 Å². The molecule has 1 aliphatic rings. The molecule has 104 valence electrons. The van der Waals surface area contributed by atoms with Crippen LogP contribution in [0.25, 0.3) is 0 Å². The van der Waals surface area contributed by atoms with E-state index in [4.69, 9.17) is 10.5 Å². The molecule has 1 aromatic rings. The van der Waals surface area contributed by atoms with Crippen LogP contribution in [0.2, 0.25) is 0 Å². The molecular formula is C13H20N4O2. The molecule has 1 aromatic carbocycles. The van der Waals surface area contributed by atoms with Gasteiger partial charge in [0.1, 0.15) is 5.75 Å². The Balaban J connectivity index is 2.00. The van der Waals surface area contributed by atoms with Gasteiger partial charge in [-0.3, -0.25) is 10.2 Å². The second-order valence-electron chi connectivity index (χ2n) is 4.68. The van der Waals surface area contributed by atoms with Crippen molar-refractivity contribution in [2.75, 3.05) is 46.1 Å². The van der Waals surface area contributed by atoms with Gasteiger partial charge in [-0.05, 0) is 19.2 Å². The number of nitrogens with two attached hydrogens (primary N) is 1. The Hall–Kier alpha value is -1.79. The molecule has 3 N–H and O–H groups in total. The molecule has 0 unspecified atom stereocenters. The summed E-state index contributed by atoms with van der Waals surface area (Å²) >= 11 is 0. The van der Waals surface area contributed by atoms with Gasteiger partial charge < -0.3 is 15.4 Å². The van der Waals surface area contributed by atoms with Crippen LogP contribution in [0.4, 0.5) is 5.69 Å². The maximum Gasteiger partial charge on any atom is 0.267 e. The highest BCUT2D eigenvalue weighted by molar-refractivity contribution is 5.99. The van der Waals surface area contributed by atoms with Crippen molar-refractivity contribution in [3.05, 3.63) is 23.8 Å². The second-order valence-corrected chi connectivity index (χ2v) is 4.68. The first-order valence-electron chi connectivity index (χ1n) is 6.28. The van der Waals surface area contributed by atoms with E-state index in [1.165, 1.54) is 0 Å². The lowest BCUT2D eigenvalue weighted by molar-refractivity contribution is 0.0663. The van der Waals surface area contributed by atoms with Gasteiger partial charge >= 0.3 is 0 Å². The first-order chi connectivity index (χ1) is 9.10. The fourth-order valence-corrected chi connectivity index (χ4v) is 2.00. The van der Waals surface area contributed by atoms with E-state index >= 15 is 0 Å². The van der Waals surface area contributed by atoms with E-state index in [1.54, 1.807) is 25.3 Å². The van der Waals surface area contributed by atoms with Gasteiger partial charge in [-0.15, -0.1) is 0 Å². The number of methoxy groups -OCH3 is 1. The fourth-order valence-electron chi connectivity index (χ4n) is 2.00. The number of likely N-dealkylation sites (N-methyl/N-ethyl adjacent to an activating group) is 1. The number of carbonyl (C=O) groups excluding carboxylic acids is 1. The molecule has 1 heterocycles. The van der Waals surface area contributed by atoms with Crippen LogP contribution in [0.5, 0.6) is 5.75 Å². The van der Waals surface area contributed by atoms with Gasteiger partial charge in [0.05, 0.1) is 12.7 Å². The first kappa shape index (κ1) is 13.6. The highest BCUT2D eigenvalue weighted by Gasteiger charge is 2.17. The zero-order valence-electron chi connectivity index (χ0n) is 11.3. The Bertz CT molecular complexity index is 456. The van der Waals surface area contributed by atoms with Crippen molar-refractivity contribution >= 4 is 11.6 Å². The number of ether oxygens (including phenoxy) is 1. The molecule has 6 heteroatoms. The third-order valence-corrected chi connectivity index (χ3v) is 3.27. The Labute approximate surface area is 113 Å². The lowest BCUT2D eigenvalue weighted by Gasteiger charge is -2.32. The summed E-state index contributed by atoms with van der Waals surface area (Å²) in [7, 11) is 3.64. The zero-order valence-corrected chi connectivity index (χ0v) is 11.3. The molecule has 1 saturated heterocycles. The summed E-state index contributed by atoms with van der Waals surface area (Å²) in [5.41, 5.74) is 9.63. The molecule has 1 aliphatic heterocycles. The topological polar surface area (TPSA) is 70.8 Å². The predicted molar refractivity (Wildman–Crippen MR) is 73.9 cm³/mol. The average molecular weight is 264 g/mol. The molecule has 1 fully saturated rings. The summed E-state index contributed by atoms with van der Waals surface area (Å²) in [5, 5.41) is 1.92. The first-order valence-corrected chi connectivity index (χ1v) is 6.28. The quantitative estimate of drug-likeness (QED) is 0.762. The number of hydrogen-bond donors (Lipinski definition) is 2. The van der Waals surface area contributed by atoms with E-state index in [-0.39, 0.29) is 5.91 Å². The molecule has 6 nitrogen and oxygen atoms in total. The van der Waals surface area contributed by atoms with Crippen LogP contribution in [-0.2, 0) is 0 Å². The Kier molecular flexibility index (Phi) is 4.24. The van der Waals surface area contributed by atoms with E-state index in [0.29, 0.717) is 17.0 Å². The summed E-state index contributed by atoms with van der Waals surface area (Å²) in [6.45, 7) is 3.52. The number of hydrazine groups is 1. The maximum absolute atomic E-state index is 12.1. The number of nitrogens with zero attached hydrogens (tertiary/aromatic N) is 2. The van der Waals surface area contributed by atoms with E-state index < -0.39 is 0 Å². The Morgan fingerprint density at radius 3 is 2.58 bits per heavy atom. The zero-order chi connectivity index (χ0) is 13.8. The van der Waals surface area contributed by atoms with Crippen molar-refractivity contribution in [2.24, 2.45) is 0 Å². The van der Waals surface area contributed by atoms with E-state index in [1.807, 2.05) is 5.01 Å². The molecule has 1 amide bonds. The van der Waals surface area contributed by atoms with Crippen LogP contribution >= 0.6 is 0 Å². The lowest BCUT2D eigenvalue weighted by Crippen LogP contribution is -2.52. The molecule has 0 saturated carbocycles. The Morgan fingerprint density at radius 1 is 1.32 bits per heavy atom. The van der Waals surface area contributed by atoms with Gasteiger partial charge in [0, 0.05) is 37.9 Å².